The Bertz CT molecular complexity index is 833. The van der Waals surface area contributed by atoms with E-state index in [4.69, 9.17) is 4.74 Å². The van der Waals surface area contributed by atoms with Gasteiger partial charge in [0.15, 0.2) is 0 Å². The number of rotatable bonds is 4. The molecule has 1 N–H and O–H groups in total. The number of carbonyl (C=O) groups excluding carboxylic acids is 2. The molecule has 1 atom stereocenters. The minimum absolute atomic E-state index is 0.0296. The number of nitrogens with one attached hydrogen (secondary N) is 1. The second-order valence-corrected chi connectivity index (χ2v) is 9.68. The van der Waals surface area contributed by atoms with Gasteiger partial charge in [-0.3, -0.25) is 4.79 Å². The molecule has 158 valence electrons. The van der Waals surface area contributed by atoms with Gasteiger partial charge >= 0.3 is 6.09 Å². The highest BCUT2D eigenvalue weighted by Crippen LogP contribution is 2.42. The minimum atomic E-state index is -0.577. The molecule has 5 nitrogen and oxygen atoms in total. The lowest BCUT2D eigenvalue weighted by Gasteiger charge is -2.38. The molecule has 2 aliphatic rings. The fourth-order valence-corrected chi connectivity index (χ4v) is 4.38. The van der Waals surface area contributed by atoms with Crippen LogP contribution in [0.3, 0.4) is 0 Å². The minimum Gasteiger partial charge on any atom is -0.444 e. The van der Waals surface area contributed by atoms with Crippen molar-refractivity contribution in [2.24, 2.45) is 5.92 Å². The molecular weight excluding hydrogens is 364 g/mol. The van der Waals surface area contributed by atoms with E-state index in [1.807, 2.05) is 25.7 Å². The SMILES string of the molecule is Cc1ccc2c(c1)C1=C(C2)C(CC(C)C)N(C(=O)CNC(=O)OC(C)(C)C)CC1. The first-order valence-corrected chi connectivity index (χ1v) is 10.6. The number of aryl methyl sites for hydroxylation is 1. The number of ether oxygens (including phenoxy) is 1. The van der Waals surface area contributed by atoms with E-state index in [0.717, 1.165) is 19.3 Å². The zero-order valence-corrected chi connectivity index (χ0v) is 18.6. The third-order valence-electron chi connectivity index (χ3n) is 5.54. The number of amides is 2. The molecule has 0 saturated carbocycles. The lowest BCUT2D eigenvalue weighted by atomic mass is 9.87. The van der Waals surface area contributed by atoms with Gasteiger partial charge in [0.25, 0.3) is 0 Å². The van der Waals surface area contributed by atoms with E-state index >= 15 is 0 Å². The number of hydrogen-bond acceptors (Lipinski definition) is 3. The Morgan fingerprint density at radius 3 is 2.66 bits per heavy atom. The van der Waals surface area contributed by atoms with Gasteiger partial charge in [0, 0.05) is 6.54 Å². The van der Waals surface area contributed by atoms with Gasteiger partial charge in [-0.1, -0.05) is 37.6 Å². The van der Waals surface area contributed by atoms with Crippen LogP contribution in [0.15, 0.2) is 23.8 Å². The molecule has 0 spiro atoms. The number of benzene rings is 1. The summed E-state index contributed by atoms with van der Waals surface area (Å²) in [6, 6.07) is 6.78. The largest absolute Gasteiger partial charge is 0.444 e. The average molecular weight is 399 g/mol. The zero-order valence-electron chi connectivity index (χ0n) is 18.6. The van der Waals surface area contributed by atoms with E-state index in [1.54, 1.807) is 0 Å². The molecule has 1 aliphatic heterocycles. The predicted molar refractivity (Wildman–Crippen MR) is 116 cm³/mol. The molecule has 0 bridgehead atoms. The molecule has 3 rings (SSSR count). The van der Waals surface area contributed by atoms with Crippen molar-refractivity contribution >= 4 is 17.6 Å². The third-order valence-corrected chi connectivity index (χ3v) is 5.54. The van der Waals surface area contributed by atoms with Gasteiger partial charge in [0.2, 0.25) is 5.91 Å². The van der Waals surface area contributed by atoms with Gasteiger partial charge in [-0.15, -0.1) is 0 Å². The van der Waals surface area contributed by atoms with Crippen LogP contribution in [0.1, 0.15) is 64.2 Å². The molecule has 29 heavy (non-hydrogen) atoms. The van der Waals surface area contributed by atoms with Crippen molar-refractivity contribution in [2.45, 2.75) is 72.4 Å². The molecule has 1 aromatic carbocycles. The summed E-state index contributed by atoms with van der Waals surface area (Å²) < 4.78 is 5.26. The molecule has 0 aromatic heterocycles. The summed E-state index contributed by atoms with van der Waals surface area (Å²) in [5.74, 6) is 0.437. The molecule has 1 heterocycles. The number of nitrogens with zero attached hydrogens (tertiary/aromatic N) is 1. The van der Waals surface area contributed by atoms with Gasteiger partial charge in [-0.2, -0.15) is 0 Å². The summed E-state index contributed by atoms with van der Waals surface area (Å²) in [7, 11) is 0. The highest BCUT2D eigenvalue weighted by atomic mass is 16.6. The lowest BCUT2D eigenvalue weighted by Crippen LogP contribution is -2.49. The highest BCUT2D eigenvalue weighted by Gasteiger charge is 2.37. The lowest BCUT2D eigenvalue weighted by molar-refractivity contribution is -0.132. The standard InChI is InChI=1S/C24H34N2O3/c1-15(2)11-21-20-13-17-8-7-16(3)12-19(17)18(20)9-10-26(21)22(27)14-25-23(28)29-24(4,5)6/h7-8,12,15,21H,9-11,13-14H2,1-6H3,(H,25,28). The van der Waals surface area contributed by atoms with Crippen molar-refractivity contribution in [3.05, 3.63) is 40.5 Å². The molecule has 0 saturated heterocycles. The van der Waals surface area contributed by atoms with Gasteiger partial charge < -0.3 is 15.0 Å². The summed E-state index contributed by atoms with van der Waals surface area (Å²) in [5.41, 5.74) is 6.25. The van der Waals surface area contributed by atoms with Gasteiger partial charge in [0.05, 0.1) is 6.04 Å². The van der Waals surface area contributed by atoms with Crippen LogP contribution in [-0.4, -0.2) is 41.6 Å². The smallest absolute Gasteiger partial charge is 0.408 e. The Morgan fingerprint density at radius 2 is 2.00 bits per heavy atom. The van der Waals surface area contributed by atoms with E-state index in [2.05, 4.69) is 44.3 Å². The number of fused-ring (bicyclic) bond motifs is 2. The second-order valence-electron chi connectivity index (χ2n) is 9.68. The van der Waals surface area contributed by atoms with Crippen LogP contribution in [-0.2, 0) is 16.0 Å². The quantitative estimate of drug-likeness (QED) is 0.814. The van der Waals surface area contributed by atoms with Crippen molar-refractivity contribution in [2.75, 3.05) is 13.1 Å². The number of carbonyl (C=O) groups is 2. The summed E-state index contributed by atoms with van der Waals surface area (Å²) in [6.07, 6.45) is 2.18. The van der Waals surface area contributed by atoms with Crippen LogP contribution in [0.5, 0.6) is 0 Å². The van der Waals surface area contributed by atoms with Crippen LogP contribution in [0.25, 0.3) is 5.57 Å². The molecule has 1 aliphatic carbocycles. The molecule has 0 fully saturated rings. The zero-order chi connectivity index (χ0) is 21.3. The Hall–Kier alpha value is -2.30. The highest BCUT2D eigenvalue weighted by molar-refractivity contribution is 5.86. The topological polar surface area (TPSA) is 58.6 Å². The Kier molecular flexibility index (Phi) is 6.06. The molecular formula is C24H34N2O3. The van der Waals surface area contributed by atoms with E-state index < -0.39 is 11.7 Å². The summed E-state index contributed by atoms with van der Waals surface area (Å²) >= 11 is 0. The molecule has 1 unspecified atom stereocenters. The normalized spacial score (nSPS) is 18.6. The monoisotopic (exact) mass is 398 g/mol. The van der Waals surface area contributed by atoms with Gasteiger partial charge in [0.1, 0.15) is 12.1 Å². The Balaban J connectivity index is 1.76. The maximum absolute atomic E-state index is 13.0. The predicted octanol–water partition coefficient (Wildman–Crippen LogP) is 4.48. The van der Waals surface area contributed by atoms with Crippen LogP contribution >= 0.6 is 0 Å². The fourth-order valence-electron chi connectivity index (χ4n) is 4.38. The summed E-state index contributed by atoms with van der Waals surface area (Å²) in [4.78, 5) is 26.9. The maximum Gasteiger partial charge on any atom is 0.408 e. The van der Waals surface area contributed by atoms with Crippen molar-refractivity contribution in [3.63, 3.8) is 0 Å². The van der Waals surface area contributed by atoms with Crippen LogP contribution in [0.2, 0.25) is 0 Å². The molecule has 1 aromatic rings. The van der Waals surface area contributed by atoms with Crippen molar-refractivity contribution in [1.29, 1.82) is 0 Å². The van der Waals surface area contributed by atoms with E-state index in [-0.39, 0.29) is 18.5 Å². The number of hydrogen-bond donors (Lipinski definition) is 1. The van der Waals surface area contributed by atoms with E-state index in [1.165, 1.54) is 27.8 Å². The van der Waals surface area contributed by atoms with Crippen molar-refractivity contribution in [1.82, 2.24) is 10.2 Å². The average Bonchev–Trinajstić information content (AvgIpc) is 2.96. The van der Waals surface area contributed by atoms with Gasteiger partial charge in [-0.25, -0.2) is 4.79 Å². The van der Waals surface area contributed by atoms with Crippen molar-refractivity contribution < 1.29 is 14.3 Å². The van der Waals surface area contributed by atoms with Crippen LogP contribution in [0, 0.1) is 12.8 Å². The third kappa shape index (κ3) is 5.01. The fraction of sp³-hybridized carbons (Fsp3) is 0.583. The van der Waals surface area contributed by atoms with E-state index in [9.17, 15) is 9.59 Å². The molecule has 5 heteroatoms. The van der Waals surface area contributed by atoms with Crippen LogP contribution < -0.4 is 5.32 Å². The first-order chi connectivity index (χ1) is 13.5. The van der Waals surface area contributed by atoms with Crippen LogP contribution in [0.4, 0.5) is 4.79 Å². The Labute approximate surface area is 174 Å². The maximum atomic E-state index is 13.0. The summed E-state index contributed by atoms with van der Waals surface area (Å²) in [5, 5.41) is 2.63. The first kappa shape index (κ1) is 21.4. The van der Waals surface area contributed by atoms with E-state index in [0.29, 0.717) is 12.5 Å². The molecule has 2 amide bonds. The second kappa shape index (κ2) is 8.21. The first-order valence-electron chi connectivity index (χ1n) is 10.6. The molecule has 0 radical (unpaired) electrons. The summed E-state index contributed by atoms with van der Waals surface area (Å²) in [6.45, 7) is 12.6. The van der Waals surface area contributed by atoms with Gasteiger partial charge in [-0.05, 0) is 75.1 Å². The Morgan fingerprint density at radius 1 is 1.28 bits per heavy atom. The number of alkyl carbamates (subject to hydrolysis) is 1. The van der Waals surface area contributed by atoms with Crippen molar-refractivity contribution in [3.8, 4) is 0 Å².